The number of carbonyl (C=O) groups excluding carboxylic acids is 1. The lowest BCUT2D eigenvalue weighted by atomic mass is 10.3. The molecule has 5 nitrogen and oxygen atoms in total. The Kier molecular flexibility index (Phi) is 7.07. The van der Waals surface area contributed by atoms with Crippen LogP contribution in [0.3, 0.4) is 0 Å². The van der Waals surface area contributed by atoms with Gasteiger partial charge in [-0.25, -0.2) is 0 Å². The third kappa shape index (κ3) is 5.32. The summed E-state index contributed by atoms with van der Waals surface area (Å²) in [5.41, 5.74) is 4.98. The van der Waals surface area contributed by atoms with Gasteiger partial charge in [0, 0.05) is 19.5 Å². The topological polar surface area (TPSA) is 83.6 Å². The van der Waals surface area contributed by atoms with Crippen molar-refractivity contribution in [2.45, 2.75) is 25.5 Å². The zero-order valence-corrected chi connectivity index (χ0v) is 10.9. The van der Waals surface area contributed by atoms with Crippen LogP contribution >= 0.6 is 24.0 Å². The van der Waals surface area contributed by atoms with Gasteiger partial charge in [-0.1, -0.05) is 24.0 Å². The standard InChI is InChI=1S/C9H16N2O3S2/c1-3-11(4-2)9(15)16-6(8(13)14)5-7(10)12/h6H,3-5H2,1-2H3,(H2,10,12)(H,13,14)/t6-/m0/s1. The zero-order valence-electron chi connectivity index (χ0n) is 9.30. The predicted molar refractivity (Wildman–Crippen MR) is 68.3 cm³/mol. The smallest absolute Gasteiger partial charge is 0.317 e. The molecule has 0 fully saturated rings. The molecule has 3 N–H and O–H groups in total. The highest BCUT2D eigenvalue weighted by Crippen LogP contribution is 2.19. The van der Waals surface area contributed by atoms with Crippen molar-refractivity contribution in [3.05, 3.63) is 0 Å². The van der Waals surface area contributed by atoms with Crippen molar-refractivity contribution in [3.8, 4) is 0 Å². The normalized spacial score (nSPS) is 11.9. The third-order valence-electron chi connectivity index (χ3n) is 1.93. The highest BCUT2D eigenvalue weighted by Gasteiger charge is 2.23. The van der Waals surface area contributed by atoms with E-state index in [0.29, 0.717) is 17.4 Å². The third-order valence-corrected chi connectivity index (χ3v) is 3.59. The number of carboxylic acid groups (broad SMARTS) is 1. The Morgan fingerprint density at radius 3 is 2.25 bits per heavy atom. The van der Waals surface area contributed by atoms with Gasteiger partial charge in [0.1, 0.15) is 9.57 Å². The maximum absolute atomic E-state index is 10.9. The second kappa shape index (κ2) is 7.45. The second-order valence-electron chi connectivity index (χ2n) is 3.05. The van der Waals surface area contributed by atoms with Gasteiger partial charge in [0.15, 0.2) is 0 Å². The van der Waals surface area contributed by atoms with E-state index in [1.165, 1.54) is 0 Å². The Morgan fingerprint density at radius 2 is 1.94 bits per heavy atom. The van der Waals surface area contributed by atoms with E-state index in [4.69, 9.17) is 23.1 Å². The second-order valence-corrected chi connectivity index (χ2v) is 4.89. The van der Waals surface area contributed by atoms with Crippen molar-refractivity contribution >= 4 is 40.2 Å². The van der Waals surface area contributed by atoms with E-state index in [2.05, 4.69) is 0 Å². The summed E-state index contributed by atoms with van der Waals surface area (Å²) in [6.45, 7) is 5.29. The number of carbonyl (C=O) groups is 2. The summed E-state index contributed by atoms with van der Waals surface area (Å²) in [5, 5.41) is 7.99. The van der Waals surface area contributed by atoms with Crippen LogP contribution in [0.1, 0.15) is 20.3 Å². The van der Waals surface area contributed by atoms with Crippen LogP contribution in [0.2, 0.25) is 0 Å². The zero-order chi connectivity index (χ0) is 12.7. The van der Waals surface area contributed by atoms with Gasteiger partial charge in [0.05, 0.1) is 0 Å². The molecule has 1 amide bonds. The van der Waals surface area contributed by atoms with Crippen molar-refractivity contribution in [3.63, 3.8) is 0 Å². The molecule has 0 aliphatic heterocycles. The number of carboxylic acids is 1. The van der Waals surface area contributed by atoms with Crippen LogP contribution in [0.25, 0.3) is 0 Å². The molecule has 0 aliphatic carbocycles. The van der Waals surface area contributed by atoms with Crippen LogP contribution in [-0.2, 0) is 9.59 Å². The summed E-state index contributed by atoms with van der Waals surface area (Å²) in [7, 11) is 0. The molecule has 0 saturated carbocycles. The van der Waals surface area contributed by atoms with Crippen molar-refractivity contribution in [1.29, 1.82) is 0 Å². The number of hydrogen-bond acceptors (Lipinski definition) is 4. The molecule has 0 aliphatic rings. The fourth-order valence-corrected chi connectivity index (χ4v) is 2.65. The molecule has 0 aromatic carbocycles. The molecule has 0 unspecified atom stereocenters. The minimum Gasteiger partial charge on any atom is -0.480 e. The van der Waals surface area contributed by atoms with E-state index in [1.54, 1.807) is 0 Å². The summed E-state index contributed by atoms with van der Waals surface area (Å²) in [5.74, 6) is -1.71. The highest BCUT2D eigenvalue weighted by molar-refractivity contribution is 8.23. The molecule has 0 aromatic heterocycles. The van der Waals surface area contributed by atoms with E-state index in [0.717, 1.165) is 11.8 Å². The van der Waals surface area contributed by atoms with Gasteiger partial charge in [-0.2, -0.15) is 0 Å². The van der Waals surface area contributed by atoms with Gasteiger partial charge in [0.25, 0.3) is 0 Å². The maximum Gasteiger partial charge on any atom is 0.317 e. The van der Waals surface area contributed by atoms with Gasteiger partial charge >= 0.3 is 5.97 Å². The van der Waals surface area contributed by atoms with Crippen molar-refractivity contribution in [2.24, 2.45) is 5.73 Å². The number of nitrogens with two attached hydrogens (primary N) is 1. The average molecular weight is 264 g/mol. The van der Waals surface area contributed by atoms with E-state index < -0.39 is 17.1 Å². The van der Waals surface area contributed by atoms with Gasteiger partial charge < -0.3 is 15.7 Å². The molecular formula is C9H16N2O3S2. The molecule has 0 heterocycles. The summed E-state index contributed by atoms with van der Waals surface area (Å²) < 4.78 is 0.485. The van der Waals surface area contributed by atoms with E-state index >= 15 is 0 Å². The number of hydrogen-bond donors (Lipinski definition) is 2. The maximum atomic E-state index is 10.9. The van der Waals surface area contributed by atoms with Gasteiger partial charge in [-0.15, -0.1) is 0 Å². The van der Waals surface area contributed by atoms with Crippen LogP contribution in [0.5, 0.6) is 0 Å². The molecule has 16 heavy (non-hydrogen) atoms. The first-order chi connectivity index (χ1) is 7.42. The molecule has 0 saturated heterocycles. The van der Waals surface area contributed by atoms with E-state index in [1.807, 2.05) is 18.7 Å². The first-order valence-electron chi connectivity index (χ1n) is 4.89. The molecule has 0 radical (unpaired) electrons. The summed E-state index contributed by atoms with van der Waals surface area (Å²) in [4.78, 5) is 23.4. The molecule has 1 atom stereocenters. The number of amides is 1. The predicted octanol–water partition coefficient (Wildman–Crippen LogP) is 0.675. The molecule has 0 aromatic rings. The summed E-state index contributed by atoms with van der Waals surface area (Å²) >= 11 is 6.09. The Balaban J connectivity index is 4.44. The lowest BCUT2D eigenvalue weighted by Gasteiger charge is -2.22. The quantitative estimate of drug-likeness (QED) is 0.686. The largest absolute Gasteiger partial charge is 0.480 e. The minimum absolute atomic E-state index is 0.207. The monoisotopic (exact) mass is 264 g/mol. The number of rotatable bonds is 6. The molecular weight excluding hydrogens is 248 g/mol. The van der Waals surface area contributed by atoms with Crippen molar-refractivity contribution in [2.75, 3.05) is 13.1 Å². The summed E-state index contributed by atoms with van der Waals surface area (Å²) in [6.07, 6.45) is -0.207. The summed E-state index contributed by atoms with van der Waals surface area (Å²) in [6, 6.07) is 0. The van der Waals surface area contributed by atoms with Crippen LogP contribution < -0.4 is 5.73 Å². The highest BCUT2D eigenvalue weighted by atomic mass is 32.2. The Hall–Kier alpha value is -0.820. The fraction of sp³-hybridized carbons (Fsp3) is 0.667. The number of nitrogens with zero attached hydrogens (tertiary/aromatic N) is 1. The number of primary amides is 1. The van der Waals surface area contributed by atoms with Crippen molar-refractivity contribution in [1.82, 2.24) is 4.90 Å². The van der Waals surface area contributed by atoms with Gasteiger partial charge in [0.2, 0.25) is 5.91 Å². The molecule has 0 spiro atoms. The number of thioether (sulfide) groups is 1. The molecule has 7 heteroatoms. The van der Waals surface area contributed by atoms with Crippen LogP contribution in [0.4, 0.5) is 0 Å². The first-order valence-corrected chi connectivity index (χ1v) is 6.17. The lowest BCUT2D eigenvalue weighted by Crippen LogP contribution is -2.32. The van der Waals surface area contributed by atoms with Crippen molar-refractivity contribution < 1.29 is 14.7 Å². The number of thiocarbonyl (C=S) groups is 1. The Morgan fingerprint density at radius 1 is 1.44 bits per heavy atom. The SMILES string of the molecule is CCN(CC)C(=S)S[C@@H](CC(N)=O)C(=O)O. The molecule has 92 valence electrons. The van der Waals surface area contributed by atoms with Crippen LogP contribution in [0, 0.1) is 0 Å². The van der Waals surface area contributed by atoms with Crippen LogP contribution in [0.15, 0.2) is 0 Å². The average Bonchev–Trinajstić information content (AvgIpc) is 2.17. The van der Waals surface area contributed by atoms with E-state index in [9.17, 15) is 9.59 Å². The van der Waals surface area contributed by atoms with Gasteiger partial charge in [-0.05, 0) is 13.8 Å². The minimum atomic E-state index is -1.07. The molecule has 0 rings (SSSR count). The van der Waals surface area contributed by atoms with E-state index in [-0.39, 0.29) is 6.42 Å². The van der Waals surface area contributed by atoms with Crippen LogP contribution in [-0.4, -0.2) is 44.5 Å². The Bertz CT molecular complexity index is 280. The van der Waals surface area contributed by atoms with Gasteiger partial charge in [-0.3, -0.25) is 9.59 Å². The lowest BCUT2D eigenvalue weighted by molar-refractivity contribution is -0.137. The molecule has 0 bridgehead atoms. The fourth-order valence-electron chi connectivity index (χ4n) is 1.04. The first kappa shape index (κ1) is 15.2. The number of aliphatic carboxylic acids is 1. The Labute approximate surface area is 104 Å².